The second kappa shape index (κ2) is 5.76. The average molecular weight is 318 g/mol. The number of nitrogen functional groups attached to an aromatic ring is 1. The molecular weight excluding hydrogens is 296 g/mol. The molecule has 2 aromatic heterocycles. The lowest BCUT2D eigenvalue weighted by Gasteiger charge is -2.21. The van der Waals surface area contributed by atoms with Gasteiger partial charge in [-0.1, -0.05) is 0 Å². The van der Waals surface area contributed by atoms with Crippen LogP contribution in [0.1, 0.15) is 41.9 Å². The molecule has 1 saturated heterocycles. The maximum Gasteiger partial charge on any atom is 0.146 e. The van der Waals surface area contributed by atoms with Crippen molar-refractivity contribution >= 4 is 27.4 Å². The second-order valence-electron chi connectivity index (χ2n) is 6.37. The molecule has 5 nitrogen and oxygen atoms in total. The number of hydrogen-bond donors (Lipinski definition) is 2. The van der Waals surface area contributed by atoms with Crippen LogP contribution in [0.25, 0.3) is 10.2 Å². The molecule has 1 aliphatic carbocycles. The van der Waals surface area contributed by atoms with E-state index in [1.807, 2.05) is 0 Å². The van der Waals surface area contributed by atoms with Crippen LogP contribution < -0.4 is 5.73 Å². The first kappa shape index (κ1) is 14.4. The predicted molar refractivity (Wildman–Crippen MR) is 89.0 cm³/mol. The van der Waals surface area contributed by atoms with Gasteiger partial charge in [0.1, 0.15) is 16.5 Å². The Bertz CT molecular complexity index is 699. The van der Waals surface area contributed by atoms with E-state index in [4.69, 9.17) is 10.7 Å². The fourth-order valence-electron chi connectivity index (χ4n) is 3.79. The summed E-state index contributed by atoms with van der Waals surface area (Å²) in [6.45, 7) is 1.91. The second-order valence-corrected chi connectivity index (χ2v) is 7.45. The smallest absolute Gasteiger partial charge is 0.146 e. The van der Waals surface area contributed by atoms with E-state index in [1.165, 1.54) is 23.3 Å². The van der Waals surface area contributed by atoms with Crippen molar-refractivity contribution in [3.63, 3.8) is 0 Å². The number of hydrogen-bond acceptors (Lipinski definition) is 6. The zero-order valence-electron chi connectivity index (χ0n) is 12.7. The van der Waals surface area contributed by atoms with E-state index >= 15 is 0 Å². The third kappa shape index (κ3) is 2.39. The van der Waals surface area contributed by atoms with Crippen LogP contribution in [-0.2, 0) is 19.4 Å². The first-order valence-electron chi connectivity index (χ1n) is 8.18. The molecule has 0 unspecified atom stereocenters. The van der Waals surface area contributed by atoms with Gasteiger partial charge >= 0.3 is 0 Å². The Morgan fingerprint density at radius 1 is 1.23 bits per heavy atom. The highest BCUT2D eigenvalue weighted by Gasteiger charge is 2.25. The molecule has 0 spiro atoms. The quantitative estimate of drug-likeness (QED) is 0.906. The first-order chi connectivity index (χ1) is 10.8. The number of aliphatic hydroxyl groups excluding tert-OH is 1. The largest absolute Gasteiger partial charge is 0.395 e. The summed E-state index contributed by atoms with van der Waals surface area (Å²) < 4.78 is 0. The van der Waals surface area contributed by atoms with Gasteiger partial charge in [-0.3, -0.25) is 4.90 Å². The number of anilines is 1. The predicted octanol–water partition coefficient (Wildman–Crippen LogP) is 2.11. The van der Waals surface area contributed by atoms with Crippen LogP contribution >= 0.6 is 11.3 Å². The minimum absolute atomic E-state index is 0.213. The number of thiophene rings is 1. The maximum atomic E-state index is 9.45. The van der Waals surface area contributed by atoms with Gasteiger partial charge in [0.25, 0.3) is 0 Å². The lowest BCUT2D eigenvalue weighted by molar-refractivity contribution is 0.151. The van der Waals surface area contributed by atoms with Crippen LogP contribution in [0.5, 0.6) is 0 Å². The van der Waals surface area contributed by atoms with Crippen LogP contribution in [0.3, 0.4) is 0 Å². The fraction of sp³-hybridized carbons (Fsp3) is 0.625. The molecule has 0 amide bonds. The number of aromatic nitrogens is 2. The summed E-state index contributed by atoms with van der Waals surface area (Å²) in [6, 6.07) is 0.247. The maximum absolute atomic E-state index is 9.45. The van der Waals surface area contributed by atoms with Crippen molar-refractivity contribution in [2.45, 2.75) is 51.1 Å². The van der Waals surface area contributed by atoms with E-state index in [0.717, 1.165) is 48.3 Å². The molecule has 4 rings (SSSR count). The standard InChI is InChI=1S/C16H22N4OS/c17-15-14-11-5-1-2-6-12(11)22-16(14)19-13(18-15)8-20-7-3-4-10(20)9-21/h10,21H,1-9H2,(H2,17,18,19)/t10-/m1/s1. The molecule has 1 atom stereocenters. The molecule has 3 heterocycles. The average Bonchev–Trinajstić information content (AvgIpc) is 3.10. The minimum atomic E-state index is 0.213. The van der Waals surface area contributed by atoms with E-state index in [0.29, 0.717) is 12.4 Å². The fourth-order valence-corrected chi connectivity index (χ4v) is 5.08. The van der Waals surface area contributed by atoms with Gasteiger partial charge in [0, 0.05) is 10.9 Å². The lowest BCUT2D eigenvalue weighted by Crippen LogP contribution is -2.32. The summed E-state index contributed by atoms with van der Waals surface area (Å²) >= 11 is 1.79. The number of fused-ring (bicyclic) bond motifs is 3. The molecule has 6 heteroatoms. The molecule has 0 bridgehead atoms. The minimum Gasteiger partial charge on any atom is -0.395 e. The molecule has 2 aliphatic rings. The Kier molecular flexibility index (Phi) is 3.76. The van der Waals surface area contributed by atoms with Crippen molar-refractivity contribution in [3.05, 3.63) is 16.3 Å². The number of likely N-dealkylation sites (tertiary alicyclic amines) is 1. The molecule has 118 valence electrons. The summed E-state index contributed by atoms with van der Waals surface area (Å²) in [5, 5.41) is 10.5. The van der Waals surface area contributed by atoms with Crippen molar-refractivity contribution in [1.82, 2.24) is 14.9 Å². The molecular formula is C16H22N4OS. The van der Waals surface area contributed by atoms with Crippen molar-refractivity contribution in [2.24, 2.45) is 0 Å². The molecule has 0 aromatic carbocycles. The number of aliphatic hydroxyl groups is 1. The van der Waals surface area contributed by atoms with E-state index in [9.17, 15) is 5.11 Å². The molecule has 3 N–H and O–H groups in total. The first-order valence-corrected chi connectivity index (χ1v) is 8.99. The Balaban J connectivity index is 1.68. The monoisotopic (exact) mass is 318 g/mol. The highest BCUT2D eigenvalue weighted by atomic mass is 32.1. The summed E-state index contributed by atoms with van der Waals surface area (Å²) in [6.07, 6.45) is 6.97. The Labute approximate surface area is 134 Å². The highest BCUT2D eigenvalue weighted by molar-refractivity contribution is 7.19. The molecule has 2 aromatic rings. The van der Waals surface area contributed by atoms with E-state index < -0.39 is 0 Å². The third-order valence-electron chi connectivity index (χ3n) is 4.94. The SMILES string of the molecule is Nc1nc(CN2CCC[C@@H]2CO)nc2sc3c(c12)CCCC3. The topological polar surface area (TPSA) is 75.3 Å². The highest BCUT2D eigenvalue weighted by Crippen LogP contribution is 2.37. The van der Waals surface area contributed by atoms with Crippen molar-refractivity contribution in [2.75, 3.05) is 18.9 Å². The van der Waals surface area contributed by atoms with Gasteiger partial charge in [0.05, 0.1) is 18.5 Å². The Morgan fingerprint density at radius 2 is 2.09 bits per heavy atom. The molecule has 1 fully saturated rings. The zero-order valence-corrected chi connectivity index (χ0v) is 13.5. The van der Waals surface area contributed by atoms with Crippen molar-refractivity contribution in [3.8, 4) is 0 Å². The van der Waals surface area contributed by atoms with E-state index in [-0.39, 0.29) is 12.6 Å². The van der Waals surface area contributed by atoms with E-state index in [1.54, 1.807) is 11.3 Å². The molecule has 22 heavy (non-hydrogen) atoms. The van der Waals surface area contributed by atoms with Crippen LogP contribution in [0.4, 0.5) is 5.82 Å². The van der Waals surface area contributed by atoms with Gasteiger partial charge in [-0.2, -0.15) is 0 Å². The molecule has 0 saturated carbocycles. The summed E-state index contributed by atoms with van der Waals surface area (Å²) in [5.41, 5.74) is 7.65. The number of rotatable bonds is 3. The summed E-state index contributed by atoms with van der Waals surface area (Å²) in [5.74, 6) is 1.43. The third-order valence-corrected chi connectivity index (χ3v) is 6.13. The molecule has 0 radical (unpaired) electrons. The normalized spacial score (nSPS) is 22.3. The number of aryl methyl sites for hydroxylation is 2. The molecule has 1 aliphatic heterocycles. The van der Waals surface area contributed by atoms with Gasteiger partial charge in [-0.05, 0) is 50.6 Å². The van der Waals surface area contributed by atoms with Crippen LogP contribution in [0.2, 0.25) is 0 Å². The Hall–Kier alpha value is -1.24. The van der Waals surface area contributed by atoms with Gasteiger partial charge in [-0.15, -0.1) is 11.3 Å². The van der Waals surface area contributed by atoms with Gasteiger partial charge in [0.2, 0.25) is 0 Å². The van der Waals surface area contributed by atoms with Gasteiger partial charge in [0.15, 0.2) is 0 Å². The summed E-state index contributed by atoms with van der Waals surface area (Å²) in [7, 11) is 0. The van der Waals surface area contributed by atoms with Crippen molar-refractivity contribution in [1.29, 1.82) is 0 Å². The Morgan fingerprint density at radius 3 is 2.95 bits per heavy atom. The number of nitrogens with two attached hydrogens (primary N) is 1. The van der Waals surface area contributed by atoms with Crippen LogP contribution in [0.15, 0.2) is 0 Å². The lowest BCUT2D eigenvalue weighted by atomic mass is 9.97. The van der Waals surface area contributed by atoms with Crippen molar-refractivity contribution < 1.29 is 5.11 Å². The van der Waals surface area contributed by atoms with Crippen LogP contribution in [0, 0.1) is 0 Å². The van der Waals surface area contributed by atoms with E-state index in [2.05, 4.69) is 9.88 Å². The van der Waals surface area contributed by atoms with Gasteiger partial charge in [-0.25, -0.2) is 9.97 Å². The van der Waals surface area contributed by atoms with Gasteiger partial charge < -0.3 is 10.8 Å². The zero-order chi connectivity index (χ0) is 15.1. The van der Waals surface area contributed by atoms with Crippen LogP contribution in [-0.4, -0.2) is 39.2 Å². The summed E-state index contributed by atoms with van der Waals surface area (Å²) in [4.78, 5) is 14.1. The number of nitrogens with zero attached hydrogens (tertiary/aromatic N) is 3.